The molecular weight excluding hydrogens is 468 g/mol. The Morgan fingerprint density at radius 3 is 2.69 bits per heavy atom. The smallest absolute Gasteiger partial charge is 0.420 e. The number of fused-ring (bicyclic) bond motifs is 2. The molecule has 12 nitrogen and oxygen atoms in total. The molecule has 0 unspecified atom stereocenters. The Kier molecular flexibility index (Phi) is 6.22. The van der Waals surface area contributed by atoms with Crippen LogP contribution in [0.1, 0.15) is 0 Å². The van der Waals surface area contributed by atoms with Crippen LogP contribution in [0.5, 0.6) is 17.4 Å². The number of amides is 1. The van der Waals surface area contributed by atoms with Gasteiger partial charge in [-0.25, -0.2) is 4.79 Å². The normalized spacial score (nSPS) is 11.1. The van der Waals surface area contributed by atoms with Gasteiger partial charge in [-0.15, -0.1) is 15.3 Å². The van der Waals surface area contributed by atoms with E-state index in [4.69, 9.17) is 18.6 Å². The van der Waals surface area contributed by atoms with Crippen LogP contribution in [-0.2, 0) is 11.3 Å². The molecule has 0 fully saturated rings. The number of aromatic nitrogens is 5. The molecule has 0 saturated heterocycles. The minimum atomic E-state index is -0.584. The van der Waals surface area contributed by atoms with Gasteiger partial charge in [-0.2, -0.15) is 4.52 Å². The number of nitrogens with one attached hydrogen (secondary N) is 1. The van der Waals surface area contributed by atoms with Gasteiger partial charge >= 0.3 is 5.76 Å². The average molecular weight is 490 g/mol. The van der Waals surface area contributed by atoms with E-state index in [2.05, 4.69) is 20.6 Å². The first-order valence-corrected chi connectivity index (χ1v) is 11.0. The second kappa shape index (κ2) is 9.78. The van der Waals surface area contributed by atoms with Crippen LogP contribution in [0.25, 0.3) is 28.1 Å². The number of benzene rings is 2. The SMILES string of the molecule is COc1ccc(-c2nnc3ccc(OCCNC(=O)Cn4c(=O)oc5ccccc54)nn23)cc1OC. The van der Waals surface area contributed by atoms with E-state index >= 15 is 0 Å². The van der Waals surface area contributed by atoms with Crippen LogP contribution in [0, 0.1) is 0 Å². The molecule has 184 valence electrons. The maximum absolute atomic E-state index is 12.3. The van der Waals surface area contributed by atoms with Crippen molar-refractivity contribution in [1.29, 1.82) is 0 Å². The summed E-state index contributed by atoms with van der Waals surface area (Å²) in [6, 6.07) is 15.7. The lowest BCUT2D eigenvalue weighted by atomic mass is 10.2. The van der Waals surface area contributed by atoms with Gasteiger partial charge in [0, 0.05) is 11.6 Å². The first kappa shape index (κ1) is 22.9. The molecule has 5 rings (SSSR count). The number of oxazole rings is 1. The summed E-state index contributed by atoms with van der Waals surface area (Å²) in [5, 5.41) is 15.6. The highest BCUT2D eigenvalue weighted by molar-refractivity contribution is 5.79. The molecular formula is C24H22N6O6. The van der Waals surface area contributed by atoms with Crippen molar-refractivity contribution in [2.45, 2.75) is 6.54 Å². The summed E-state index contributed by atoms with van der Waals surface area (Å²) in [5.41, 5.74) is 2.27. The Labute approximate surface area is 204 Å². The van der Waals surface area contributed by atoms with Crippen LogP contribution >= 0.6 is 0 Å². The van der Waals surface area contributed by atoms with Crippen LogP contribution in [0.4, 0.5) is 0 Å². The third kappa shape index (κ3) is 4.43. The number of carbonyl (C=O) groups excluding carboxylic acids is 1. The first-order chi connectivity index (χ1) is 17.6. The minimum absolute atomic E-state index is 0.157. The van der Waals surface area contributed by atoms with Crippen LogP contribution in [0.15, 0.2) is 63.8 Å². The summed E-state index contributed by atoms with van der Waals surface area (Å²) in [6.07, 6.45) is 0. The van der Waals surface area contributed by atoms with Crippen LogP contribution < -0.4 is 25.3 Å². The third-order valence-electron chi connectivity index (χ3n) is 5.43. The zero-order chi connectivity index (χ0) is 25.1. The molecule has 1 amide bonds. The second-order valence-corrected chi connectivity index (χ2v) is 7.66. The highest BCUT2D eigenvalue weighted by Crippen LogP contribution is 2.31. The molecule has 0 aliphatic carbocycles. The molecule has 0 radical (unpaired) electrons. The standard InChI is InChI=1S/C24H22N6O6/c1-33-18-8-7-15(13-19(18)34-2)23-27-26-20-9-10-22(28-30(20)23)35-12-11-25-21(31)14-29-16-5-3-4-6-17(16)36-24(29)32/h3-10,13H,11-12,14H2,1-2H3,(H,25,31). The Morgan fingerprint density at radius 1 is 1.03 bits per heavy atom. The number of ether oxygens (including phenoxy) is 3. The van der Waals surface area contributed by atoms with E-state index in [-0.39, 0.29) is 25.6 Å². The van der Waals surface area contributed by atoms with Gasteiger partial charge in [0.1, 0.15) is 13.2 Å². The number of nitrogens with zero attached hydrogens (tertiary/aromatic N) is 5. The average Bonchev–Trinajstić information content (AvgIpc) is 3.46. The topological polar surface area (TPSA) is 135 Å². The predicted molar refractivity (Wildman–Crippen MR) is 128 cm³/mol. The van der Waals surface area contributed by atoms with E-state index in [0.717, 1.165) is 5.56 Å². The molecule has 5 aromatic rings. The van der Waals surface area contributed by atoms with Crippen molar-refractivity contribution in [2.24, 2.45) is 0 Å². The van der Waals surface area contributed by atoms with Gasteiger partial charge in [-0.1, -0.05) is 12.1 Å². The lowest BCUT2D eigenvalue weighted by Gasteiger charge is -2.09. The van der Waals surface area contributed by atoms with Gasteiger partial charge in [-0.05, 0) is 36.4 Å². The van der Waals surface area contributed by atoms with E-state index in [0.29, 0.717) is 40.0 Å². The first-order valence-electron chi connectivity index (χ1n) is 11.0. The van der Waals surface area contributed by atoms with E-state index in [1.807, 2.05) is 6.07 Å². The van der Waals surface area contributed by atoms with E-state index in [1.165, 1.54) is 4.57 Å². The molecule has 3 heterocycles. The van der Waals surface area contributed by atoms with Crippen LogP contribution in [0.3, 0.4) is 0 Å². The molecule has 0 spiro atoms. The Bertz CT molecular complexity index is 1600. The number of hydrogen-bond donors (Lipinski definition) is 1. The summed E-state index contributed by atoms with van der Waals surface area (Å²) >= 11 is 0. The zero-order valence-corrected chi connectivity index (χ0v) is 19.5. The fourth-order valence-electron chi connectivity index (χ4n) is 3.71. The summed E-state index contributed by atoms with van der Waals surface area (Å²) < 4.78 is 24.3. The van der Waals surface area contributed by atoms with Gasteiger partial charge in [0.15, 0.2) is 28.6 Å². The van der Waals surface area contributed by atoms with Crippen molar-refractivity contribution in [2.75, 3.05) is 27.4 Å². The number of carbonyl (C=O) groups is 1. The van der Waals surface area contributed by atoms with Gasteiger partial charge < -0.3 is 23.9 Å². The largest absolute Gasteiger partial charge is 0.493 e. The summed E-state index contributed by atoms with van der Waals surface area (Å²) in [7, 11) is 3.12. The quantitative estimate of drug-likeness (QED) is 0.307. The van der Waals surface area contributed by atoms with Crippen molar-refractivity contribution < 1.29 is 23.4 Å². The fourth-order valence-corrected chi connectivity index (χ4v) is 3.71. The van der Waals surface area contributed by atoms with Crippen LogP contribution in [0.2, 0.25) is 0 Å². The molecule has 12 heteroatoms. The number of hydrogen-bond acceptors (Lipinski definition) is 9. The van der Waals surface area contributed by atoms with Crippen molar-refractivity contribution >= 4 is 22.7 Å². The molecule has 0 bridgehead atoms. The molecule has 0 aliphatic rings. The van der Waals surface area contributed by atoms with Crippen molar-refractivity contribution in [1.82, 2.24) is 29.7 Å². The number of rotatable bonds is 9. The molecule has 0 saturated carbocycles. The van der Waals surface area contributed by atoms with Crippen molar-refractivity contribution in [3.8, 4) is 28.8 Å². The van der Waals surface area contributed by atoms with E-state index < -0.39 is 5.76 Å². The van der Waals surface area contributed by atoms with E-state index in [9.17, 15) is 9.59 Å². The van der Waals surface area contributed by atoms with Gasteiger partial charge in [0.2, 0.25) is 11.8 Å². The maximum atomic E-state index is 12.3. The zero-order valence-electron chi connectivity index (χ0n) is 19.5. The number of para-hydroxylation sites is 2. The monoisotopic (exact) mass is 490 g/mol. The van der Waals surface area contributed by atoms with Gasteiger partial charge in [-0.3, -0.25) is 9.36 Å². The van der Waals surface area contributed by atoms with E-state index in [1.54, 1.807) is 67.3 Å². The summed E-state index contributed by atoms with van der Waals surface area (Å²) in [6.45, 7) is 0.225. The molecule has 0 aliphatic heterocycles. The van der Waals surface area contributed by atoms with Gasteiger partial charge in [0.05, 0.1) is 26.3 Å². The van der Waals surface area contributed by atoms with Crippen LogP contribution in [-0.4, -0.2) is 57.7 Å². The number of methoxy groups -OCH3 is 2. The highest BCUT2D eigenvalue weighted by atomic mass is 16.5. The highest BCUT2D eigenvalue weighted by Gasteiger charge is 2.14. The summed E-state index contributed by atoms with van der Waals surface area (Å²) in [4.78, 5) is 24.4. The lowest BCUT2D eigenvalue weighted by molar-refractivity contribution is -0.121. The second-order valence-electron chi connectivity index (χ2n) is 7.66. The Hall–Kier alpha value is -4.87. The maximum Gasteiger partial charge on any atom is 0.420 e. The molecule has 36 heavy (non-hydrogen) atoms. The van der Waals surface area contributed by atoms with Crippen molar-refractivity contribution in [3.05, 3.63) is 65.1 Å². The molecule has 0 atom stereocenters. The molecule has 2 aromatic carbocycles. The minimum Gasteiger partial charge on any atom is -0.493 e. The predicted octanol–water partition coefficient (Wildman–Crippen LogP) is 1.91. The lowest BCUT2D eigenvalue weighted by Crippen LogP contribution is -2.33. The third-order valence-corrected chi connectivity index (χ3v) is 5.43. The molecule has 3 aromatic heterocycles. The Balaban J connectivity index is 1.22. The van der Waals surface area contributed by atoms with Crippen molar-refractivity contribution in [3.63, 3.8) is 0 Å². The van der Waals surface area contributed by atoms with Gasteiger partial charge in [0.25, 0.3) is 0 Å². The summed E-state index contributed by atoms with van der Waals surface area (Å²) in [5.74, 6) is 1.06. The molecule has 1 N–H and O–H groups in total. The fraction of sp³-hybridized carbons (Fsp3) is 0.208. The Morgan fingerprint density at radius 2 is 1.86 bits per heavy atom.